The van der Waals surface area contributed by atoms with Crippen LogP contribution in [0.3, 0.4) is 0 Å². The van der Waals surface area contributed by atoms with Gasteiger partial charge in [-0.25, -0.2) is 4.98 Å². The lowest BCUT2D eigenvalue weighted by atomic mass is 9.98. The number of furan rings is 1. The van der Waals surface area contributed by atoms with Crippen LogP contribution in [-0.4, -0.2) is 47.8 Å². The van der Waals surface area contributed by atoms with Crippen molar-refractivity contribution in [2.45, 2.75) is 25.3 Å². The zero-order valence-electron chi connectivity index (χ0n) is 21.1. The van der Waals surface area contributed by atoms with Gasteiger partial charge in [-0.05, 0) is 61.9 Å². The Kier molecular flexibility index (Phi) is 5.09. The van der Waals surface area contributed by atoms with Gasteiger partial charge in [0, 0.05) is 47.0 Å². The number of para-hydroxylation sites is 1. The SMILES string of the molecule is c1ccc2oc(CN3CCCC(c4nnc(-c5ccc6[nH]nc(-c7ccc8nccn8c7)c6c5)o4)C3)cc2c1. The number of nitrogens with zero attached hydrogens (tertiary/aromatic N) is 6. The first kappa shape index (κ1) is 22.2. The summed E-state index contributed by atoms with van der Waals surface area (Å²) in [6.45, 7) is 2.66. The number of rotatable bonds is 5. The van der Waals surface area contributed by atoms with Crippen LogP contribution in [0, 0.1) is 0 Å². The number of likely N-dealkylation sites (tertiary alicyclic amines) is 1. The van der Waals surface area contributed by atoms with Gasteiger partial charge in [-0.3, -0.25) is 10.00 Å². The molecule has 1 aliphatic rings. The van der Waals surface area contributed by atoms with Crippen molar-refractivity contribution in [3.05, 3.63) is 90.9 Å². The highest BCUT2D eigenvalue weighted by atomic mass is 16.4. The quantitative estimate of drug-likeness (QED) is 0.298. The van der Waals surface area contributed by atoms with E-state index in [1.54, 1.807) is 6.20 Å². The van der Waals surface area contributed by atoms with Crippen molar-refractivity contribution in [2.75, 3.05) is 13.1 Å². The number of H-pyrrole nitrogens is 1. The molecule has 0 aliphatic carbocycles. The van der Waals surface area contributed by atoms with Crippen LogP contribution in [0.5, 0.6) is 0 Å². The van der Waals surface area contributed by atoms with Crippen molar-refractivity contribution in [2.24, 2.45) is 0 Å². The van der Waals surface area contributed by atoms with E-state index in [1.165, 1.54) is 0 Å². The number of hydrogen-bond donors (Lipinski definition) is 1. The Labute approximate surface area is 223 Å². The fourth-order valence-electron chi connectivity index (χ4n) is 5.68. The summed E-state index contributed by atoms with van der Waals surface area (Å²) >= 11 is 0. The summed E-state index contributed by atoms with van der Waals surface area (Å²) in [6, 6.07) is 20.4. The van der Waals surface area contributed by atoms with Gasteiger partial charge < -0.3 is 13.2 Å². The topological polar surface area (TPSA) is 101 Å². The molecule has 1 fully saturated rings. The van der Waals surface area contributed by atoms with Crippen LogP contribution in [0.1, 0.15) is 30.4 Å². The fraction of sp³-hybridized carbons (Fsp3) is 0.200. The summed E-state index contributed by atoms with van der Waals surface area (Å²) in [5.41, 5.74) is 5.53. The minimum absolute atomic E-state index is 0.194. The lowest BCUT2D eigenvalue weighted by molar-refractivity contribution is 0.176. The molecule has 5 aromatic heterocycles. The zero-order chi connectivity index (χ0) is 25.8. The highest BCUT2D eigenvalue weighted by Gasteiger charge is 2.27. The van der Waals surface area contributed by atoms with Gasteiger partial charge in [0.05, 0.1) is 18.0 Å². The minimum atomic E-state index is 0.194. The highest BCUT2D eigenvalue weighted by molar-refractivity contribution is 5.95. The maximum atomic E-state index is 6.26. The number of nitrogens with one attached hydrogen (secondary N) is 1. The summed E-state index contributed by atoms with van der Waals surface area (Å²) < 4.78 is 14.3. The number of benzene rings is 2. The van der Waals surface area contributed by atoms with Crippen molar-refractivity contribution >= 4 is 27.5 Å². The molecular formula is C30H25N7O2. The number of imidazole rings is 1. The molecule has 9 heteroatoms. The van der Waals surface area contributed by atoms with Crippen LogP contribution in [0.4, 0.5) is 0 Å². The number of hydrogen-bond acceptors (Lipinski definition) is 7. The molecule has 0 amide bonds. The Hall–Kier alpha value is -4.76. The average Bonchev–Trinajstić information content (AvgIpc) is 3.77. The molecular weight excluding hydrogens is 490 g/mol. The summed E-state index contributed by atoms with van der Waals surface area (Å²) in [5.74, 6) is 2.40. The van der Waals surface area contributed by atoms with Gasteiger partial charge in [-0.1, -0.05) is 18.2 Å². The van der Waals surface area contributed by atoms with Gasteiger partial charge in [-0.15, -0.1) is 10.2 Å². The molecule has 1 saturated heterocycles. The molecule has 6 heterocycles. The highest BCUT2D eigenvalue weighted by Crippen LogP contribution is 2.33. The molecule has 0 bridgehead atoms. The van der Waals surface area contributed by atoms with Crippen LogP contribution in [0.2, 0.25) is 0 Å². The van der Waals surface area contributed by atoms with E-state index in [0.29, 0.717) is 11.8 Å². The minimum Gasteiger partial charge on any atom is -0.460 e. The molecule has 1 aliphatic heterocycles. The standard InChI is InChI=1S/C30H25N7O2/c1-2-6-26-19(4-1)14-23(38-26)18-36-12-3-5-22(16-36)30-35-34-29(39-30)20-7-9-25-24(15-20)28(33-32-25)21-8-10-27-31-11-13-37(27)17-21/h1-2,4,6-11,13-15,17,22H,3,5,12,16,18H2,(H,32,33). The summed E-state index contributed by atoms with van der Waals surface area (Å²) in [5, 5.41) is 18.8. The average molecular weight is 516 g/mol. The molecule has 2 aromatic carbocycles. The first-order chi connectivity index (χ1) is 19.3. The van der Waals surface area contributed by atoms with Gasteiger partial charge in [0.1, 0.15) is 22.7 Å². The molecule has 1 N–H and O–H groups in total. The Morgan fingerprint density at radius 1 is 0.974 bits per heavy atom. The van der Waals surface area contributed by atoms with Gasteiger partial charge in [0.2, 0.25) is 11.8 Å². The smallest absolute Gasteiger partial charge is 0.247 e. The van der Waals surface area contributed by atoms with Gasteiger partial charge in [0.15, 0.2) is 0 Å². The van der Waals surface area contributed by atoms with E-state index >= 15 is 0 Å². The molecule has 1 atom stereocenters. The fourth-order valence-corrected chi connectivity index (χ4v) is 5.68. The largest absolute Gasteiger partial charge is 0.460 e. The van der Waals surface area contributed by atoms with Crippen molar-refractivity contribution < 1.29 is 8.83 Å². The number of aromatic nitrogens is 6. The second-order valence-corrected chi connectivity index (χ2v) is 10.2. The van der Waals surface area contributed by atoms with Gasteiger partial charge in [0.25, 0.3) is 0 Å². The van der Waals surface area contributed by atoms with E-state index < -0.39 is 0 Å². The first-order valence-corrected chi connectivity index (χ1v) is 13.2. The second kappa shape index (κ2) is 8.92. The van der Waals surface area contributed by atoms with Crippen LogP contribution >= 0.6 is 0 Å². The van der Waals surface area contributed by atoms with Crippen LogP contribution in [0.25, 0.3) is 50.2 Å². The van der Waals surface area contributed by atoms with Crippen LogP contribution in [0.15, 0.2) is 88.1 Å². The van der Waals surface area contributed by atoms with Gasteiger partial charge >= 0.3 is 0 Å². The predicted molar refractivity (Wildman–Crippen MR) is 147 cm³/mol. The van der Waals surface area contributed by atoms with Crippen molar-refractivity contribution in [1.29, 1.82) is 0 Å². The molecule has 0 radical (unpaired) electrons. The number of piperidine rings is 1. The molecule has 7 aromatic rings. The third-order valence-corrected chi connectivity index (χ3v) is 7.62. The van der Waals surface area contributed by atoms with Crippen LogP contribution < -0.4 is 0 Å². The second-order valence-electron chi connectivity index (χ2n) is 10.2. The Morgan fingerprint density at radius 2 is 1.92 bits per heavy atom. The van der Waals surface area contributed by atoms with E-state index in [1.807, 2.05) is 59.3 Å². The van der Waals surface area contributed by atoms with Crippen molar-refractivity contribution in [1.82, 2.24) is 34.7 Å². The van der Waals surface area contributed by atoms with Crippen molar-refractivity contribution in [3.8, 4) is 22.7 Å². The number of fused-ring (bicyclic) bond motifs is 3. The molecule has 0 saturated carbocycles. The lowest BCUT2D eigenvalue weighted by Gasteiger charge is -2.30. The third-order valence-electron chi connectivity index (χ3n) is 7.62. The molecule has 0 spiro atoms. The van der Waals surface area contributed by atoms with E-state index in [0.717, 1.165) is 82.6 Å². The maximum absolute atomic E-state index is 6.26. The predicted octanol–water partition coefficient (Wildman–Crippen LogP) is 6.05. The molecule has 9 nitrogen and oxygen atoms in total. The lowest BCUT2D eigenvalue weighted by Crippen LogP contribution is -2.33. The Bertz CT molecular complexity index is 1910. The number of aromatic amines is 1. The number of pyridine rings is 1. The van der Waals surface area contributed by atoms with E-state index in [4.69, 9.17) is 8.83 Å². The van der Waals surface area contributed by atoms with E-state index in [9.17, 15) is 0 Å². The van der Waals surface area contributed by atoms with E-state index in [2.05, 4.69) is 48.5 Å². The Balaban J connectivity index is 1.04. The zero-order valence-corrected chi connectivity index (χ0v) is 21.1. The molecule has 192 valence electrons. The summed E-state index contributed by atoms with van der Waals surface area (Å²) in [6.07, 6.45) is 7.86. The monoisotopic (exact) mass is 515 g/mol. The summed E-state index contributed by atoms with van der Waals surface area (Å²) in [4.78, 5) is 6.75. The normalized spacial score (nSPS) is 16.6. The van der Waals surface area contributed by atoms with E-state index in [-0.39, 0.29) is 5.92 Å². The first-order valence-electron chi connectivity index (χ1n) is 13.2. The molecule has 39 heavy (non-hydrogen) atoms. The van der Waals surface area contributed by atoms with Crippen molar-refractivity contribution in [3.63, 3.8) is 0 Å². The molecule has 8 rings (SSSR count). The Morgan fingerprint density at radius 3 is 2.90 bits per heavy atom. The maximum Gasteiger partial charge on any atom is 0.247 e. The van der Waals surface area contributed by atoms with Crippen LogP contribution in [-0.2, 0) is 6.54 Å². The molecule has 1 unspecified atom stereocenters. The third kappa shape index (κ3) is 3.98. The van der Waals surface area contributed by atoms with Gasteiger partial charge in [-0.2, -0.15) is 5.10 Å². The summed E-state index contributed by atoms with van der Waals surface area (Å²) in [7, 11) is 0.